The first-order valence-corrected chi connectivity index (χ1v) is 7.88. The fraction of sp³-hybridized carbons (Fsp3) is 0.333. The van der Waals surface area contributed by atoms with Crippen LogP contribution in [0.2, 0.25) is 0 Å². The molecule has 0 aliphatic rings. The van der Waals surface area contributed by atoms with Crippen LogP contribution >= 0.6 is 24.0 Å². The van der Waals surface area contributed by atoms with E-state index >= 15 is 0 Å². The van der Waals surface area contributed by atoms with Crippen molar-refractivity contribution in [1.82, 2.24) is 4.90 Å². The molecule has 1 aromatic heterocycles. The summed E-state index contributed by atoms with van der Waals surface area (Å²) in [6.07, 6.45) is 0. The maximum atomic E-state index is 11.4. The summed E-state index contributed by atoms with van der Waals surface area (Å²) in [5, 5.41) is 0.921. The molecule has 2 rings (SSSR count). The zero-order valence-corrected chi connectivity index (χ0v) is 13.8. The van der Waals surface area contributed by atoms with Crippen LogP contribution in [-0.4, -0.2) is 35.7 Å². The Labute approximate surface area is 133 Å². The van der Waals surface area contributed by atoms with E-state index < -0.39 is 0 Å². The molecule has 0 atom stereocenters. The number of fused-ring (bicyclic) bond motifs is 1. The third-order valence-corrected chi connectivity index (χ3v) is 4.57. The number of aryl methyl sites for hydroxylation is 1. The lowest BCUT2D eigenvalue weighted by molar-refractivity contribution is 0.344. The molecule has 1 heterocycles. The Balaban J connectivity index is 2.00. The zero-order valence-electron chi connectivity index (χ0n) is 12.2. The van der Waals surface area contributed by atoms with Crippen LogP contribution in [0, 0.1) is 6.92 Å². The van der Waals surface area contributed by atoms with Gasteiger partial charge < -0.3 is 14.1 Å². The zero-order chi connectivity index (χ0) is 15.4. The van der Waals surface area contributed by atoms with Crippen molar-refractivity contribution in [1.29, 1.82) is 0 Å². The van der Waals surface area contributed by atoms with E-state index in [1.54, 1.807) is 17.8 Å². The van der Waals surface area contributed by atoms with Gasteiger partial charge in [0.1, 0.15) is 15.7 Å². The highest BCUT2D eigenvalue weighted by Crippen LogP contribution is 2.22. The van der Waals surface area contributed by atoms with Crippen LogP contribution < -0.4 is 10.4 Å². The summed E-state index contributed by atoms with van der Waals surface area (Å²) in [6, 6.07) is 7.02. The third-order valence-electron chi connectivity index (χ3n) is 2.87. The molecule has 1 aromatic carbocycles. The minimum absolute atomic E-state index is 0.343. The SMILES string of the molecule is Cc1cc(=O)oc2cc(OCCSC(=S)N(C)C)ccc12. The molecule has 6 heteroatoms. The predicted molar refractivity (Wildman–Crippen MR) is 91.5 cm³/mol. The van der Waals surface area contributed by atoms with Gasteiger partial charge in [-0.1, -0.05) is 24.0 Å². The molecule has 0 bridgehead atoms. The molecule has 112 valence electrons. The highest BCUT2D eigenvalue weighted by molar-refractivity contribution is 8.22. The van der Waals surface area contributed by atoms with Crippen LogP contribution in [0.15, 0.2) is 33.5 Å². The molecule has 0 aliphatic carbocycles. The second-order valence-corrected chi connectivity index (χ2v) is 6.49. The van der Waals surface area contributed by atoms with E-state index in [0.29, 0.717) is 17.9 Å². The van der Waals surface area contributed by atoms with Gasteiger partial charge in [-0.3, -0.25) is 0 Å². The Morgan fingerprint density at radius 1 is 1.38 bits per heavy atom. The lowest BCUT2D eigenvalue weighted by atomic mass is 10.1. The number of hydrogen-bond acceptors (Lipinski definition) is 5. The fourth-order valence-electron chi connectivity index (χ4n) is 1.81. The Bertz CT molecular complexity index is 710. The normalized spacial score (nSPS) is 10.6. The summed E-state index contributed by atoms with van der Waals surface area (Å²) in [7, 11) is 3.84. The van der Waals surface area contributed by atoms with Crippen LogP contribution in [0.3, 0.4) is 0 Å². The van der Waals surface area contributed by atoms with Crippen LogP contribution in [0.1, 0.15) is 5.56 Å². The Morgan fingerprint density at radius 2 is 2.14 bits per heavy atom. The van der Waals surface area contributed by atoms with Crippen molar-refractivity contribution in [3.8, 4) is 5.75 Å². The van der Waals surface area contributed by atoms with E-state index in [-0.39, 0.29) is 5.63 Å². The minimum Gasteiger partial charge on any atom is -0.493 e. The molecule has 0 amide bonds. The third kappa shape index (κ3) is 4.22. The Hall–Kier alpha value is -1.53. The largest absolute Gasteiger partial charge is 0.493 e. The highest BCUT2D eigenvalue weighted by atomic mass is 32.2. The summed E-state index contributed by atoms with van der Waals surface area (Å²) < 4.78 is 11.7. The number of benzene rings is 1. The number of thiocarbonyl (C=S) groups is 1. The molecule has 0 saturated heterocycles. The van der Waals surface area contributed by atoms with E-state index in [1.165, 1.54) is 6.07 Å². The predicted octanol–water partition coefficient (Wildman–Crippen LogP) is 3.06. The summed E-state index contributed by atoms with van der Waals surface area (Å²) in [5.74, 6) is 1.46. The van der Waals surface area contributed by atoms with Gasteiger partial charge in [0.25, 0.3) is 0 Å². The molecule has 0 saturated carbocycles. The monoisotopic (exact) mass is 323 g/mol. The molecular formula is C15H17NO3S2. The first-order chi connectivity index (χ1) is 9.97. The van der Waals surface area contributed by atoms with E-state index in [0.717, 1.165) is 21.0 Å². The van der Waals surface area contributed by atoms with Crippen molar-refractivity contribution in [2.75, 3.05) is 26.5 Å². The molecule has 2 aromatic rings. The highest BCUT2D eigenvalue weighted by Gasteiger charge is 2.05. The Kier molecular flexibility index (Phi) is 5.25. The van der Waals surface area contributed by atoms with Crippen molar-refractivity contribution in [2.24, 2.45) is 0 Å². The van der Waals surface area contributed by atoms with E-state index in [9.17, 15) is 4.79 Å². The average molecular weight is 323 g/mol. The first kappa shape index (κ1) is 15.9. The first-order valence-electron chi connectivity index (χ1n) is 6.49. The maximum absolute atomic E-state index is 11.4. The molecule has 4 nitrogen and oxygen atoms in total. The van der Waals surface area contributed by atoms with Crippen molar-refractivity contribution < 1.29 is 9.15 Å². The van der Waals surface area contributed by atoms with Gasteiger partial charge in [-0.05, 0) is 24.6 Å². The van der Waals surface area contributed by atoms with Gasteiger partial charge in [-0.15, -0.1) is 0 Å². The molecule has 0 unspecified atom stereocenters. The molecule has 0 radical (unpaired) electrons. The number of thioether (sulfide) groups is 1. The average Bonchev–Trinajstić information content (AvgIpc) is 2.42. The quantitative estimate of drug-likeness (QED) is 0.489. The minimum atomic E-state index is -0.343. The number of ether oxygens (including phenoxy) is 1. The molecule has 0 aliphatic heterocycles. The second-order valence-electron chi connectivity index (χ2n) is 4.76. The topological polar surface area (TPSA) is 42.7 Å². The molecule has 21 heavy (non-hydrogen) atoms. The number of nitrogens with zero attached hydrogens (tertiary/aromatic N) is 1. The summed E-state index contributed by atoms with van der Waals surface area (Å²) in [5.41, 5.74) is 1.11. The van der Waals surface area contributed by atoms with Crippen LogP contribution in [-0.2, 0) is 0 Å². The van der Waals surface area contributed by atoms with Gasteiger partial charge in [-0.2, -0.15) is 0 Å². The van der Waals surface area contributed by atoms with Gasteiger partial charge >= 0.3 is 5.63 Å². The lowest BCUT2D eigenvalue weighted by Crippen LogP contribution is -2.17. The standard InChI is InChI=1S/C15H17NO3S2/c1-10-8-14(17)19-13-9-11(4-5-12(10)13)18-6-7-21-15(20)16(2)3/h4-5,8-9H,6-7H2,1-3H3. The molecule has 0 fully saturated rings. The van der Waals surface area contributed by atoms with Gasteiger partial charge in [0.15, 0.2) is 0 Å². The molecule has 0 N–H and O–H groups in total. The van der Waals surface area contributed by atoms with Crippen molar-refractivity contribution in [3.05, 3.63) is 40.2 Å². The molecule has 0 spiro atoms. The van der Waals surface area contributed by atoms with Crippen LogP contribution in [0.25, 0.3) is 11.0 Å². The van der Waals surface area contributed by atoms with Gasteiger partial charge in [-0.25, -0.2) is 4.79 Å². The smallest absolute Gasteiger partial charge is 0.336 e. The Morgan fingerprint density at radius 3 is 2.86 bits per heavy atom. The maximum Gasteiger partial charge on any atom is 0.336 e. The summed E-state index contributed by atoms with van der Waals surface area (Å²) >= 11 is 6.75. The van der Waals surface area contributed by atoms with E-state index in [4.69, 9.17) is 21.4 Å². The number of hydrogen-bond donors (Lipinski definition) is 0. The van der Waals surface area contributed by atoms with Gasteiger partial charge in [0, 0.05) is 37.4 Å². The summed E-state index contributed by atoms with van der Waals surface area (Å²) in [6.45, 7) is 2.43. The van der Waals surface area contributed by atoms with Gasteiger partial charge in [0.2, 0.25) is 0 Å². The lowest BCUT2D eigenvalue weighted by Gasteiger charge is -2.13. The molecular weight excluding hydrogens is 306 g/mol. The van der Waals surface area contributed by atoms with Gasteiger partial charge in [0.05, 0.1) is 6.61 Å². The van der Waals surface area contributed by atoms with E-state index in [1.807, 2.05) is 38.1 Å². The van der Waals surface area contributed by atoms with Crippen LogP contribution in [0.5, 0.6) is 5.75 Å². The van der Waals surface area contributed by atoms with Crippen molar-refractivity contribution in [2.45, 2.75) is 6.92 Å². The van der Waals surface area contributed by atoms with Crippen LogP contribution in [0.4, 0.5) is 0 Å². The van der Waals surface area contributed by atoms with Crippen molar-refractivity contribution >= 4 is 39.3 Å². The van der Waals surface area contributed by atoms with Crippen molar-refractivity contribution in [3.63, 3.8) is 0 Å². The second kappa shape index (κ2) is 6.95. The summed E-state index contributed by atoms with van der Waals surface area (Å²) in [4.78, 5) is 13.3. The fourth-order valence-corrected chi connectivity index (χ4v) is 2.66. The number of rotatable bonds is 4. The van der Waals surface area contributed by atoms with E-state index in [2.05, 4.69) is 0 Å².